The molecule has 0 N–H and O–H groups in total. The third-order valence-electron chi connectivity index (χ3n) is 1.99. The maximum atomic E-state index is 12.4. The van der Waals surface area contributed by atoms with Crippen LogP contribution < -0.4 is 0 Å². The lowest BCUT2D eigenvalue weighted by Gasteiger charge is -2.02. The second-order valence-corrected chi connectivity index (χ2v) is 3.54. The molecule has 15 heavy (non-hydrogen) atoms. The van der Waals surface area contributed by atoms with Crippen LogP contribution in [-0.2, 0) is 11.3 Å². The summed E-state index contributed by atoms with van der Waals surface area (Å²) in [4.78, 5) is 4.53. The van der Waals surface area contributed by atoms with Gasteiger partial charge in [0.05, 0.1) is 5.71 Å². The maximum Gasteiger partial charge on any atom is 0.131 e. The fraction of sp³-hybridized carbons (Fsp3) is 0.364. The molecule has 0 aliphatic carbocycles. The van der Waals surface area contributed by atoms with Crippen LogP contribution in [0.25, 0.3) is 0 Å². The van der Waals surface area contributed by atoms with Crippen LogP contribution in [0.15, 0.2) is 29.4 Å². The van der Waals surface area contributed by atoms with Gasteiger partial charge in [0, 0.05) is 5.02 Å². The zero-order valence-electron chi connectivity index (χ0n) is 8.54. The topological polar surface area (TPSA) is 21.6 Å². The van der Waals surface area contributed by atoms with Crippen molar-refractivity contribution in [3.05, 3.63) is 34.9 Å². The molecular weight excluding hydrogens is 217 g/mol. The summed E-state index contributed by atoms with van der Waals surface area (Å²) in [5.74, 6) is 0. The molecule has 0 atom stereocenters. The standard InChI is InChI=1S/C11H13ClFNO/c1-15-14-11(8-13)7-4-9-2-5-10(12)6-3-9/h2-3,5-6H,4,7-8H2,1H3/b14-11-. The Hall–Kier alpha value is -1.09. The molecule has 0 saturated heterocycles. The van der Waals surface area contributed by atoms with Crippen LogP contribution in [0.1, 0.15) is 12.0 Å². The Bertz CT molecular complexity index is 324. The van der Waals surface area contributed by atoms with E-state index in [2.05, 4.69) is 9.99 Å². The van der Waals surface area contributed by atoms with Crippen molar-refractivity contribution in [3.8, 4) is 0 Å². The minimum absolute atomic E-state index is 0.424. The summed E-state index contributed by atoms with van der Waals surface area (Å²) in [6, 6.07) is 7.48. The molecule has 0 bridgehead atoms. The first-order valence-electron chi connectivity index (χ1n) is 4.65. The van der Waals surface area contributed by atoms with Gasteiger partial charge >= 0.3 is 0 Å². The molecule has 0 aliphatic rings. The van der Waals surface area contributed by atoms with Crippen LogP contribution in [0.2, 0.25) is 5.02 Å². The highest BCUT2D eigenvalue weighted by atomic mass is 35.5. The molecule has 0 unspecified atom stereocenters. The van der Waals surface area contributed by atoms with Crippen molar-refractivity contribution >= 4 is 17.3 Å². The van der Waals surface area contributed by atoms with Gasteiger partial charge in [0.25, 0.3) is 0 Å². The van der Waals surface area contributed by atoms with E-state index in [0.717, 1.165) is 12.0 Å². The van der Waals surface area contributed by atoms with Crippen molar-refractivity contribution in [2.45, 2.75) is 12.8 Å². The Morgan fingerprint density at radius 3 is 2.60 bits per heavy atom. The quantitative estimate of drug-likeness (QED) is 0.561. The normalized spacial score (nSPS) is 11.5. The van der Waals surface area contributed by atoms with Gasteiger partial charge in [-0.3, -0.25) is 0 Å². The largest absolute Gasteiger partial charge is 0.399 e. The molecule has 0 spiro atoms. The second kappa shape index (κ2) is 6.40. The summed E-state index contributed by atoms with van der Waals surface area (Å²) in [6.07, 6.45) is 1.30. The smallest absolute Gasteiger partial charge is 0.131 e. The second-order valence-electron chi connectivity index (χ2n) is 3.10. The number of benzene rings is 1. The Labute approximate surface area is 93.7 Å². The third kappa shape index (κ3) is 4.30. The Morgan fingerprint density at radius 1 is 1.40 bits per heavy atom. The van der Waals surface area contributed by atoms with Gasteiger partial charge in [0.15, 0.2) is 0 Å². The van der Waals surface area contributed by atoms with Crippen molar-refractivity contribution in [2.75, 3.05) is 13.8 Å². The van der Waals surface area contributed by atoms with E-state index in [1.807, 2.05) is 24.3 Å². The van der Waals surface area contributed by atoms with Crippen molar-refractivity contribution in [1.82, 2.24) is 0 Å². The summed E-state index contributed by atoms with van der Waals surface area (Å²) in [6.45, 7) is -0.568. The summed E-state index contributed by atoms with van der Waals surface area (Å²) in [5.41, 5.74) is 1.53. The fourth-order valence-corrected chi connectivity index (χ4v) is 1.33. The molecule has 2 nitrogen and oxygen atoms in total. The van der Waals surface area contributed by atoms with Crippen LogP contribution >= 0.6 is 11.6 Å². The lowest BCUT2D eigenvalue weighted by atomic mass is 10.1. The van der Waals surface area contributed by atoms with Crippen molar-refractivity contribution in [1.29, 1.82) is 0 Å². The first kappa shape index (κ1) is 12.0. The molecule has 4 heteroatoms. The summed E-state index contributed by atoms with van der Waals surface area (Å²) >= 11 is 5.75. The fourth-order valence-electron chi connectivity index (χ4n) is 1.21. The number of oxime groups is 1. The van der Waals surface area contributed by atoms with Gasteiger partial charge in [-0.05, 0) is 30.5 Å². The van der Waals surface area contributed by atoms with Gasteiger partial charge < -0.3 is 4.84 Å². The predicted octanol–water partition coefficient (Wildman–Crippen LogP) is 3.24. The summed E-state index contributed by atoms with van der Waals surface area (Å²) in [7, 11) is 1.41. The molecule has 0 amide bonds. The average Bonchev–Trinajstić information content (AvgIpc) is 2.26. The number of nitrogens with zero attached hydrogens (tertiary/aromatic N) is 1. The molecule has 0 fully saturated rings. The predicted molar refractivity (Wildman–Crippen MR) is 60.2 cm³/mol. The number of aryl methyl sites for hydroxylation is 1. The molecule has 1 rings (SSSR count). The van der Waals surface area contributed by atoms with Crippen molar-refractivity contribution < 1.29 is 9.23 Å². The molecule has 82 valence electrons. The van der Waals surface area contributed by atoms with Crippen LogP contribution in [0, 0.1) is 0 Å². The first-order valence-corrected chi connectivity index (χ1v) is 5.03. The van der Waals surface area contributed by atoms with E-state index in [4.69, 9.17) is 11.6 Å². The zero-order valence-corrected chi connectivity index (χ0v) is 9.30. The molecule has 0 saturated carbocycles. The van der Waals surface area contributed by atoms with Crippen LogP contribution in [0.4, 0.5) is 4.39 Å². The van der Waals surface area contributed by atoms with E-state index >= 15 is 0 Å². The van der Waals surface area contributed by atoms with Gasteiger partial charge in [0.1, 0.15) is 13.8 Å². The highest BCUT2D eigenvalue weighted by Crippen LogP contribution is 2.11. The Morgan fingerprint density at radius 2 is 2.07 bits per heavy atom. The molecule has 0 radical (unpaired) electrons. The zero-order chi connectivity index (χ0) is 11.1. The lowest BCUT2D eigenvalue weighted by molar-refractivity contribution is 0.210. The minimum Gasteiger partial charge on any atom is -0.399 e. The first-order chi connectivity index (χ1) is 7.26. The summed E-state index contributed by atoms with van der Waals surface area (Å²) in [5, 5.41) is 4.29. The third-order valence-corrected chi connectivity index (χ3v) is 2.24. The monoisotopic (exact) mass is 229 g/mol. The SMILES string of the molecule is CO/N=C(\CF)CCc1ccc(Cl)cc1. The van der Waals surface area contributed by atoms with Crippen molar-refractivity contribution in [2.24, 2.45) is 5.16 Å². The van der Waals surface area contributed by atoms with E-state index in [-0.39, 0.29) is 0 Å². The summed E-state index contributed by atoms with van der Waals surface area (Å²) < 4.78 is 12.4. The van der Waals surface area contributed by atoms with Crippen molar-refractivity contribution in [3.63, 3.8) is 0 Å². The number of hydrogen-bond acceptors (Lipinski definition) is 2. The number of halogens is 2. The van der Waals surface area contributed by atoms with E-state index < -0.39 is 6.67 Å². The van der Waals surface area contributed by atoms with Crippen LogP contribution in [0.5, 0.6) is 0 Å². The van der Waals surface area contributed by atoms with E-state index in [1.54, 1.807) is 0 Å². The van der Waals surface area contributed by atoms with Gasteiger partial charge in [0.2, 0.25) is 0 Å². The van der Waals surface area contributed by atoms with E-state index in [1.165, 1.54) is 7.11 Å². The van der Waals surface area contributed by atoms with Gasteiger partial charge in [-0.15, -0.1) is 0 Å². The number of rotatable bonds is 5. The molecular formula is C11H13ClFNO. The molecule has 1 aromatic rings. The van der Waals surface area contributed by atoms with Crippen LogP contribution in [0.3, 0.4) is 0 Å². The number of alkyl halides is 1. The highest BCUT2D eigenvalue weighted by molar-refractivity contribution is 6.30. The van der Waals surface area contributed by atoms with Gasteiger partial charge in [-0.2, -0.15) is 0 Å². The van der Waals surface area contributed by atoms with Gasteiger partial charge in [-0.25, -0.2) is 4.39 Å². The highest BCUT2D eigenvalue weighted by Gasteiger charge is 2.01. The Kier molecular flexibility index (Phi) is 5.12. The van der Waals surface area contributed by atoms with Crippen LogP contribution in [-0.4, -0.2) is 19.5 Å². The lowest BCUT2D eigenvalue weighted by Crippen LogP contribution is -2.03. The maximum absolute atomic E-state index is 12.4. The van der Waals surface area contributed by atoms with E-state index in [9.17, 15) is 4.39 Å². The average molecular weight is 230 g/mol. The molecule has 0 heterocycles. The van der Waals surface area contributed by atoms with E-state index in [0.29, 0.717) is 17.2 Å². The Balaban J connectivity index is 2.49. The minimum atomic E-state index is -0.568. The molecule has 0 aromatic heterocycles. The molecule has 0 aliphatic heterocycles. The van der Waals surface area contributed by atoms with Gasteiger partial charge in [-0.1, -0.05) is 28.9 Å². The number of hydrogen-bond donors (Lipinski definition) is 0. The molecule has 1 aromatic carbocycles.